The van der Waals surface area contributed by atoms with Gasteiger partial charge in [-0.15, -0.1) is 0 Å². The molecule has 26 heavy (non-hydrogen) atoms. The van der Waals surface area contributed by atoms with Crippen LogP contribution in [0.25, 0.3) is 22.4 Å². The zero-order chi connectivity index (χ0) is 18.1. The Hall–Kier alpha value is -3.22. The van der Waals surface area contributed by atoms with Crippen LogP contribution in [-0.4, -0.2) is 31.9 Å². The van der Waals surface area contributed by atoms with Crippen molar-refractivity contribution in [3.63, 3.8) is 0 Å². The van der Waals surface area contributed by atoms with Crippen LogP contribution in [0.15, 0.2) is 42.7 Å². The fourth-order valence-corrected chi connectivity index (χ4v) is 3.31. The first-order chi connectivity index (χ1) is 12.6. The number of aliphatic carboxylic acids is 1. The fourth-order valence-electron chi connectivity index (χ4n) is 3.31. The van der Waals surface area contributed by atoms with Gasteiger partial charge in [-0.05, 0) is 49.1 Å². The third kappa shape index (κ3) is 3.28. The number of anilines is 1. The molecule has 0 unspecified atom stereocenters. The van der Waals surface area contributed by atoms with Crippen molar-refractivity contribution in [3.05, 3.63) is 42.7 Å². The third-order valence-corrected chi connectivity index (χ3v) is 4.78. The number of carbonyl (C=O) groups is 2. The van der Waals surface area contributed by atoms with Gasteiger partial charge in [-0.2, -0.15) is 0 Å². The molecule has 1 aliphatic rings. The molecule has 1 fully saturated rings. The van der Waals surface area contributed by atoms with E-state index in [4.69, 9.17) is 5.11 Å². The maximum atomic E-state index is 12.2. The van der Waals surface area contributed by atoms with Crippen LogP contribution in [0.5, 0.6) is 0 Å². The number of rotatable bonds is 5. The molecular weight excluding hydrogens is 332 g/mol. The molecule has 0 radical (unpaired) electrons. The molecule has 0 atom stereocenters. The molecule has 1 saturated carbocycles. The molecule has 0 bridgehead atoms. The zero-order valence-electron chi connectivity index (χ0n) is 14.0. The Morgan fingerprint density at radius 1 is 1.19 bits per heavy atom. The van der Waals surface area contributed by atoms with E-state index >= 15 is 0 Å². The standard InChI is InChI=1S/C19H18N4O3/c24-17(25)9-11-7-13(8-11)19(26)21-14-3-1-12(2-4-14)18-22-15-5-6-20-10-16(15)23-18/h1-6,10-11,13H,7-9H2,(H,21,26)(H,22,23)(H,24,25). The molecule has 132 valence electrons. The number of hydrogen-bond acceptors (Lipinski definition) is 4. The van der Waals surface area contributed by atoms with Crippen molar-refractivity contribution in [1.29, 1.82) is 0 Å². The van der Waals surface area contributed by atoms with Gasteiger partial charge in [-0.1, -0.05) is 0 Å². The number of imidazole rings is 1. The lowest BCUT2D eigenvalue weighted by Gasteiger charge is -2.33. The first kappa shape index (κ1) is 16.3. The van der Waals surface area contributed by atoms with E-state index in [-0.39, 0.29) is 24.2 Å². The Labute approximate surface area is 149 Å². The summed E-state index contributed by atoms with van der Waals surface area (Å²) in [6.07, 6.45) is 4.86. The summed E-state index contributed by atoms with van der Waals surface area (Å²) in [7, 11) is 0. The normalized spacial score (nSPS) is 19.1. The molecule has 1 aromatic carbocycles. The average molecular weight is 350 g/mol. The summed E-state index contributed by atoms with van der Waals surface area (Å²) in [6, 6.07) is 9.32. The summed E-state index contributed by atoms with van der Waals surface area (Å²) in [6.45, 7) is 0. The van der Waals surface area contributed by atoms with Crippen LogP contribution >= 0.6 is 0 Å². The van der Waals surface area contributed by atoms with Crippen molar-refractivity contribution in [1.82, 2.24) is 15.0 Å². The largest absolute Gasteiger partial charge is 0.481 e. The summed E-state index contributed by atoms with van der Waals surface area (Å²) < 4.78 is 0. The van der Waals surface area contributed by atoms with Gasteiger partial charge >= 0.3 is 5.97 Å². The van der Waals surface area contributed by atoms with Gasteiger partial charge in [0.25, 0.3) is 0 Å². The lowest BCUT2D eigenvalue weighted by molar-refractivity contribution is -0.140. The maximum absolute atomic E-state index is 12.2. The fraction of sp³-hybridized carbons (Fsp3) is 0.263. The van der Waals surface area contributed by atoms with Gasteiger partial charge in [0.1, 0.15) is 5.82 Å². The van der Waals surface area contributed by atoms with E-state index in [0.717, 1.165) is 28.1 Å². The highest BCUT2D eigenvalue weighted by atomic mass is 16.4. The number of aromatic nitrogens is 3. The highest BCUT2D eigenvalue weighted by molar-refractivity contribution is 5.93. The molecule has 7 nitrogen and oxygen atoms in total. The highest BCUT2D eigenvalue weighted by Crippen LogP contribution is 2.36. The lowest BCUT2D eigenvalue weighted by atomic mass is 9.73. The van der Waals surface area contributed by atoms with E-state index in [1.54, 1.807) is 12.4 Å². The first-order valence-electron chi connectivity index (χ1n) is 8.51. The van der Waals surface area contributed by atoms with Crippen LogP contribution in [0.4, 0.5) is 5.69 Å². The molecule has 0 saturated heterocycles. The predicted octanol–water partition coefficient (Wildman–Crippen LogP) is 3.06. The van der Waals surface area contributed by atoms with Gasteiger partial charge in [-0.3, -0.25) is 14.6 Å². The van der Waals surface area contributed by atoms with Crippen molar-refractivity contribution < 1.29 is 14.7 Å². The summed E-state index contributed by atoms with van der Waals surface area (Å²) in [4.78, 5) is 34.7. The van der Waals surface area contributed by atoms with Crippen molar-refractivity contribution in [2.45, 2.75) is 19.3 Å². The molecule has 1 amide bonds. The van der Waals surface area contributed by atoms with Gasteiger partial charge in [0.05, 0.1) is 17.2 Å². The number of H-pyrrole nitrogens is 1. The Bertz CT molecular complexity index is 925. The van der Waals surface area contributed by atoms with Crippen molar-refractivity contribution in [3.8, 4) is 11.4 Å². The molecule has 1 aliphatic carbocycles. The van der Waals surface area contributed by atoms with E-state index < -0.39 is 5.97 Å². The number of amides is 1. The second-order valence-corrected chi connectivity index (χ2v) is 6.68. The number of carbonyl (C=O) groups excluding carboxylic acids is 1. The van der Waals surface area contributed by atoms with Gasteiger partial charge in [0.15, 0.2) is 0 Å². The predicted molar refractivity (Wildman–Crippen MR) is 96.4 cm³/mol. The molecule has 0 aliphatic heterocycles. The number of carboxylic acid groups (broad SMARTS) is 1. The molecule has 0 spiro atoms. The topological polar surface area (TPSA) is 108 Å². The number of nitrogens with one attached hydrogen (secondary N) is 2. The van der Waals surface area contributed by atoms with E-state index in [0.29, 0.717) is 12.8 Å². The number of benzene rings is 1. The minimum Gasteiger partial charge on any atom is -0.481 e. The average Bonchev–Trinajstić information content (AvgIpc) is 3.02. The number of pyridine rings is 1. The minimum atomic E-state index is -0.800. The van der Waals surface area contributed by atoms with Crippen LogP contribution in [0, 0.1) is 11.8 Å². The Kier molecular flexibility index (Phi) is 4.12. The van der Waals surface area contributed by atoms with Gasteiger partial charge < -0.3 is 15.4 Å². The first-order valence-corrected chi connectivity index (χ1v) is 8.51. The molecule has 3 aromatic rings. The quantitative estimate of drug-likeness (QED) is 0.655. The van der Waals surface area contributed by atoms with Gasteiger partial charge in [0, 0.05) is 29.8 Å². The van der Waals surface area contributed by atoms with E-state index in [2.05, 4.69) is 20.3 Å². The van der Waals surface area contributed by atoms with E-state index in [1.807, 2.05) is 30.3 Å². The molecule has 4 rings (SSSR count). The summed E-state index contributed by atoms with van der Waals surface area (Å²) in [5.74, 6) is -0.0727. The Morgan fingerprint density at radius 3 is 2.65 bits per heavy atom. The number of hydrogen-bond donors (Lipinski definition) is 3. The Morgan fingerprint density at radius 2 is 1.96 bits per heavy atom. The molecule has 3 N–H and O–H groups in total. The Balaban J connectivity index is 1.39. The van der Waals surface area contributed by atoms with Crippen LogP contribution in [0.3, 0.4) is 0 Å². The van der Waals surface area contributed by atoms with Crippen LogP contribution in [0.1, 0.15) is 19.3 Å². The number of fused-ring (bicyclic) bond motifs is 1. The number of nitrogens with zero attached hydrogens (tertiary/aromatic N) is 2. The van der Waals surface area contributed by atoms with Crippen molar-refractivity contribution in [2.75, 3.05) is 5.32 Å². The van der Waals surface area contributed by atoms with E-state index in [9.17, 15) is 9.59 Å². The van der Waals surface area contributed by atoms with E-state index in [1.165, 1.54) is 0 Å². The van der Waals surface area contributed by atoms with Crippen molar-refractivity contribution in [2.24, 2.45) is 11.8 Å². The highest BCUT2D eigenvalue weighted by Gasteiger charge is 2.35. The molecular formula is C19H18N4O3. The summed E-state index contributed by atoms with van der Waals surface area (Å²) in [5.41, 5.74) is 3.37. The minimum absolute atomic E-state index is 0.0470. The third-order valence-electron chi connectivity index (χ3n) is 4.78. The van der Waals surface area contributed by atoms with Crippen LogP contribution < -0.4 is 5.32 Å². The monoisotopic (exact) mass is 350 g/mol. The van der Waals surface area contributed by atoms with Crippen LogP contribution in [0.2, 0.25) is 0 Å². The summed E-state index contributed by atoms with van der Waals surface area (Å²) in [5, 5.41) is 11.7. The molecule has 2 heterocycles. The van der Waals surface area contributed by atoms with Gasteiger partial charge in [-0.25, -0.2) is 4.98 Å². The smallest absolute Gasteiger partial charge is 0.303 e. The lowest BCUT2D eigenvalue weighted by Crippen LogP contribution is -2.35. The van der Waals surface area contributed by atoms with Crippen LogP contribution in [-0.2, 0) is 9.59 Å². The maximum Gasteiger partial charge on any atom is 0.303 e. The number of carboxylic acids is 1. The summed E-state index contributed by atoms with van der Waals surface area (Å²) >= 11 is 0. The van der Waals surface area contributed by atoms with Crippen molar-refractivity contribution >= 4 is 28.6 Å². The van der Waals surface area contributed by atoms with Gasteiger partial charge in [0.2, 0.25) is 5.91 Å². The molecule has 2 aromatic heterocycles. The molecule has 7 heteroatoms. The second-order valence-electron chi connectivity index (χ2n) is 6.68. The second kappa shape index (κ2) is 6.59. The zero-order valence-corrected chi connectivity index (χ0v) is 14.0. The SMILES string of the molecule is O=C(O)CC1CC(C(=O)Nc2ccc(-c3nc4ccncc4[nH]3)cc2)C1. The number of aromatic amines is 1.